The van der Waals surface area contributed by atoms with Crippen LogP contribution in [0.1, 0.15) is 34.5 Å². The lowest BCUT2D eigenvalue weighted by atomic mass is 9.77. The Labute approximate surface area is 189 Å². The van der Waals surface area contributed by atoms with E-state index in [2.05, 4.69) is 51.8 Å². The second-order valence-corrected chi connectivity index (χ2v) is 9.45. The monoisotopic (exact) mass is 432 g/mol. The average Bonchev–Trinajstić information content (AvgIpc) is 3.32. The number of fused-ring (bicyclic) bond motifs is 2. The smallest absolute Gasteiger partial charge is 0.270 e. The number of carbonyl (C=O) groups is 1. The maximum absolute atomic E-state index is 13.7. The number of benzene rings is 1. The van der Waals surface area contributed by atoms with E-state index in [1.165, 1.54) is 10.9 Å². The van der Waals surface area contributed by atoms with Crippen LogP contribution in [0.15, 0.2) is 42.6 Å². The second kappa shape index (κ2) is 8.24. The molecule has 1 aliphatic heterocycles. The molecule has 6 nitrogen and oxygen atoms in total. The molecule has 0 spiro atoms. The van der Waals surface area contributed by atoms with Crippen molar-refractivity contribution in [1.29, 1.82) is 0 Å². The fraction of sp³-hybridized carbons (Fsp3) is 0.462. The molecule has 1 saturated heterocycles. The van der Waals surface area contributed by atoms with Gasteiger partial charge < -0.3 is 19.5 Å². The van der Waals surface area contributed by atoms with Crippen molar-refractivity contribution < 1.29 is 9.53 Å². The van der Waals surface area contributed by atoms with Crippen LogP contribution in [-0.2, 0) is 11.8 Å². The molecular weight excluding hydrogens is 400 g/mol. The number of nitrogens with one attached hydrogen (secondary N) is 1. The van der Waals surface area contributed by atoms with Gasteiger partial charge in [-0.2, -0.15) is 0 Å². The molecule has 1 aromatic carbocycles. The molecule has 168 valence electrons. The Morgan fingerprint density at radius 2 is 1.88 bits per heavy atom. The van der Waals surface area contributed by atoms with Gasteiger partial charge in [0, 0.05) is 38.8 Å². The van der Waals surface area contributed by atoms with E-state index >= 15 is 0 Å². The third kappa shape index (κ3) is 3.47. The molecule has 1 amide bonds. The Balaban J connectivity index is 1.37. The minimum atomic E-state index is 0.121. The Bertz CT molecular complexity index is 1140. The summed E-state index contributed by atoms with van der Waals surface area (Å²) in [7, 11) is 3.81. The van der Waals surface area contributed by atoms with Gasteiger partial charge in [0.05, 0.1) is 17.7 Å². The molecule has 5 rings (SSSR count). The van der Waals surface area contributed by atoms with Crippen molar-refractivity contribution in [3.8, 4) is 0 Å². The van der Waals surface area contributed by atoms with Crippen LogP contribution in [0.3, 0.4) is 0 Å². The summed E-state index contributed by atoms with van der Waals surface area (Å²) in [5.41, 5.74) is 4.26. The van der Waals surface area contributed by atoms with Gasteiger partial charge in [0.2, 0.25) is 0 Å². The number of amides is 1. The summed E-state index contributed by atoms with van der Waals surface area (Å²) < 4.78 is 7.95. The standard InChI is InChI=1S/C26H32N4O2/c1-16-8-7-9-20-17(2)25(29(3)24(16)20)26(31)30-14-18-12-21(22(32-4)13-19(18)15-30)28-23-10-5-6-11-27-23/h5-11,18-19,21-22H,12-15H2,1-4H3,(H,27,28)/t18-,19+,21-,22-/m1/s1. The molecule has 6 heteroatoms. The molecule has 0 unspecified atom stereocenters. The molecule has 1 saturated carbocycles. The fourth-order valence-corrected chi connectivity index (χ4v) is 5.98. The topological polar surface area (TPSA) is 59.4 Å². The molecule has 1 aliphatic carbocycles. The molecular formula is C26H32N4O2. The number of ether oxygens (including phenoxy) is 1. The van der Waals surface area contributed by atoms with Crippen molar-refractivity contribution in [2.45, 2.75) is 38.8 Å². The highest BCUT2D eigenvalue weighted by Gasteiger charge is 2.44. The number of carbonyl (C=O) groups excluding carboxylic acids is 1. The number of hydrogen-bond donors (Lipinski definition) is 1. The van der Waals surface area contributed by atoms with E-state index in [1.807, 2.05) is 25.2 Å². The van der Waals surface area contributed by atoms with E-state index in [9.17, 15) is 4.79 Å². The number of pyridine rings is 1. The zero-order valence-electron chi connectivity index (χ0n) is 19.3. The van der Waals surface area contributed by atoms with Crippen LogP contribution < -0.4 is 5.32 Å². The highest BCUT2D eigenvalue weighted by atomic mass is 16.5. The third-order valence-corrected chi connectivity index (χ3v) is 7.58. The van der Waals surface area contributed by atoms with Crippen LogP contribution in [0, 0.1) is 25.7 Å². The number of rotatable bonds is 4. The van der Waals surface area contributed by atoms with E-state index in [0.29, 0.717) is 11.8 Å². The number of likely N-dealkylation sites (tertiary alicyclic amines) is 1. The van der Waals surface area contributed by atoms with Gasteiger partial charge in [-0.25, -0.2) is 4.98 Å². The zero-order valence-corrected chi connectivity index (χ0v) is 19.3. The van der Waals surface area contributed by atoms with E-state index in [-0.39, 0.29) is 18.1 Å². The Morgan fingerprint density at radius 3 is 2.56 bits per heavy atom. The maximum Gasteiger partial charge on any atom is 0.270 e. The first-order chi connectivity index (χ1) is 15.5. The van der Waals surface area contributed by atoms with E-state index in [0.717, 1.165) is 48.5 Å². The normalized spacial score (nSPS) is 25.2. The van der Waals surface area contributed by atoms with Crippen LogP contribution in [0.25, 0.3) is 10.9 Å². The lowest BCUT2D eigenvalue weighted by Gasteiger charge is -2.37. The minimum Gasteiger partial charge on any atom is -0.379 e. The molecule has 2 fully saturated rings. The van der Waals surface area contributed by atoms with Crippen molar-refractivity contribution in [3.05, 3.63) is 59.4 Å². The molecule has 2 aliphatic rings. The van der Waals surface area contributed by atoms with Crippen LogP contribution in [0.4, 0.5) is 5.82 Å². The summed E-state index contributed by atoms with van der Waals surface area (Å²) in [6.45, 7) is 5.80. The van der Waals surface area contributed by atoms with Gasteiger partial charge in [-0.15, -0.1) is 0 Å². The van der Waals surface area contributed by atoms with Gasteiger partial charge in [-0.1, -0.05) is 24.3 Å². The van der Waals surface area contributed by atoms with Crippen molar-refractivity contribution in [2.24, 2.45) is 18.9 Å². The molecule has 3 heterocycles. The fourth-order valence-electron chi connectivity index (χ4n) is 5.98. The molecule has 4 atom stereocenters. The second-order valence-electron chi connectivity index (χ2n) is 9.45. The predicted octanol–water partition coefficient (Wildman–Crippen LogP) is 4.17. The van der Waals surface area contributed by atoms with Crippen molar-refractivity contribution in [3.63, 3.8) is 0 Å². The lowest BCUT2D eigenvalue weighted by Crippen LogP contribution is -2.44. The number of methoxy groups -OCH3 is 1. The molecule has 32 heavy (non-hydrogen) atoms. The Hall–Kier alpha value is -2.86. The number of aryl methyl sites for hydroxylation is 3. The lowest BCUT2D eigenvalue weighted by molar-refractivity contribution is 0.0304. The molecule has 0 radical (unpaired) electrons. The van der Waals surface area contributed by atoms with Gasteiger partial charge in [-0.05, 0) is 61.8 Å². The summed E-state index contributed by atoms with van der Waals surface area (Å²) in [5.74, 6) is 1.98. The quantitative estimate of drug-likeness (QED) is 0.672. The number of anilines is 1. The van der Waals surface area contributed by atoms with E-state index in [4.69, 9.17) is 4.74 Å². The number of aromatic nitrogens is 2. The SMILES string of the molecule is CO[C@@H]1C[C@H]2CN(C(=O)c3c(C)c4cccc(C)c4n3C)C[C@H]2C[C@H]1Nc1ccccn1. The van der Waals surface area contributed by atoms with E-state index in [1.54, 1.807) is 13.3 Å². The van der Waals surface area contributed by atoms with Gasteiger partial charge >= 0.3 is 0 Å². The highest BCUT2D eigenvalue weighted by molar-refractivity contribution is 6.02. The first-order valence-corrected chi connectivity index (χ1v) is 11.5. The van der Waals surface area contributed by atoms with Crippen LogP contribution >= 0.6 is 0 Å². The van der Waals surface area contributed by atoms with Gasteiger partial charge in [0.15, 0.2) is 0 Å². The largest absolute Gasteiger partial charge is 0.379 e. The van der Waals surface area contributed by atoms with Gasteiger partial charge in [0.1, 0.15) is 11.5 Å². The summed E-state index contributed by atoms with van der Waals surface area (Å²) in [6, 6.07) is 12.4. The van der Waals surface area contributed by atoms with Crippen molar-refractivity contribution in [1.82, 2.24) is 14.5 Å². The summed E-state index contributed by atoms with van der Waals surface area (Å²) in [4.78, 5) is 20.2. The van der Waals surface area contributed by atoms with Crippen LogP contribution in [0.2, 0.25) is 0 Å². The number of hydrogen-bond acceptors (Lipinski definition) is 4. The Kier molecular flexibility index (Phi) is 5.41. The van der Waals surface area contributed by atoms with Gasteiger partial charge in [-0.3, -0.25) is 4.79 Å². The number of nitrogens with zero attached hydrogens (tertiary/aromatic N) is 3. The van der Waals surface area contributed by atoms with E-state index < -0.39 is 0 Å². The maximum atomic E-state index is 13.7. The molecule has 0 bridgehead atoms. The summed E-state index contributed by atoms with van der Waals surface area (Å²) >= 11 is 0. The summed E-state index contributed by atoms with van der Waals surface area (Å²) in [5, 5.41) is 4.74. The van der Waals surface area contributed by atoms with Crippen LogP contribution in [0.5, 0.6) is 0 Å². The van der Waals surface area contributed by atoms with Crippen LogP contribution in [-0.4, -0.2) is 52.7 Å². The molecule has 1 N–H and O–H groups in total. The van der Waals surface area contributed by atoms with Crippen molar-refractivity contribution >= 4 is 22.6 Å². The highest BCUT2D eigenvalue weighted by Crippen LogP contribution is 2.39. The summed E-state index contributed by atoms with van der Waals surface area (Å²) in [6.07, 6.45) is 3.87. The van der Waals surface area contributed by atoms with Crippen molar-refractivity contribution in [2.75, 3.05) is 25.5 Å². The predicted molar refractivity (Wildman–Crippen MR) is 127 cm³/mol. The zero-order chi connectivity index (χ0) is 22.4. The first kappa shape index (κ1) is 21.0. The number of para-hydroxylation sites is 1. The Morgan fingerprint density at radius 1 is 1.09 bits per heavy atom. The first-order valence-electron chi connectivity index (χ1n) is 11.5. The molecule has 3 aromatic rings. The van der Waals surface area contributed by atoms with Gasteiger partial charge in [0.25, 0.3) is 5.91 Å². The average molecular weight is 433 g/mol. The third-order valence-electron chi connectivity index (χ3n) is 7.58. The molecule has 2 aromatic heterocycles. The minimum absolute atomic E-state index is 0.121.